The van der Waals surface area contributed by atoms with E-state index in [0.717, 1.165) is 23.6 Å². The first-order chi connectivity index (χ1) is 9.62. The molecule has 5 heteroatoms. The maximum atomic E-state index is 8.92. The molecule has 0 spiro atoms. The highest BCUT2D eigenvalue weighted by Gasteiger charge is 2.08. The van der Waals surface area contributed by atoms with Crippen LogP contribution in [0.25, 0.3) is 0 Å². The predicted octanol–water partition coefficient (Wildman–Crippen LogP) is 3.20. The maximum absolute atomic E-state index is 8.92. The topological polar surface area (TPSA) is 52.8 Å². The Kier molecular flexibility index (Phi) is 4.54. The van der Waals surface area contributed by atoms with Crippen LogP contribution in [0.3, 0.4) is 0 Å². The minimum Gasteiger partial charge on any atom is -0.355 e. The largest absolute Gasteiger partial charge is 0.355 e. The molecule has 0 aliphatic carbocycles. The summed E-state index contributed by atoms with van der Waals surface area (Å²) in [7, 11) is 1.94. The number of nitriles is 1. The zero-order valence-corrected chi connectivity index (χ0v) is 12.2. The van der Waals surface area contributed by atoms with Crippen LogP contribution in [-0.2, 0) is 13.0 Å². The third-order valence-electron chi connectivity index (χ3n) is 2.91. The number of halogens is 1. The van der Waals surface area contributed by atoms with E-state index in [0.29, 0.717) is 17.3 Å². The summed E-state index contributed by atoms with van der Waals surface area (Å²) in [6.45, 7) is 2.65. The Morgan fingerprint density at radius 1 is 1.30 bits per heavy atom. The molecule has 1 heterocycles. The molecule has 102 valence electrons. The summed E-state index contributed by atoms with van der Waals surface area (Å²) in [6.07, 6.45) is 0.741. The number of anilines is 1. The summed E-state index contributed by atoms with van der Waals surface area (Å²) in [5.41, 5.74) is 1.71. The number of benzene rings is 1. The van der Waals surface area contributed by atoms with E-state index in [1.807, 2.05) is 37.1 Å². The molecule has 0 saturated heterocycles. The average Bonchev–Trinajstić information content (AvgIpc) is 2.46. The van der Waals surface area contributed by atoms with Gasteiger partial charge in [-0.05, 0) is 17.7 Å². The number of rotatable bonds is 4. The molecule has 0 bridgehead atoms. The fourth-order valence-corrected chi connectivity index (χ4v) is 2.09. The van der Waals surface area contributed by atoms with Crippen LogP contribution >= 0.6 is 11.6 Å². The Bertz CT molecular complexity index is 649. The van der Waals surface area contributed by atoms with E-state index in [4.69, 9.17) is 16.9 Å². The van der Waals surface area contributed by atoms with Crippen molar-refractivity contribution in [2.24, 2.45) is 0 Å². The SMILES string of the molecule is CCc1nc(Cl)cc(N(C)Cc2cccc(C#N)c2)n1. The smallest absolute Gasteiger partial charge is 0.134 e. The number of hydrogen-bond donors (Lipinski definition) is 0. The zero-order chi connectivity index (χ0) is 14.5. The third kappa shape index (κ3) is 3.46. The molecule has 2 rings (SSSR count). The number of nitrogens with zero attached hydrogens (tertiary/aromatic N) is 4. The minimum atomic E-state index is 0.449. The second kappa shape index (κ2) is 6.36. The number of aromatic nitrogens is 2. The summed E-state index contributed by atoms with van der Waals surface area (Å²) in [6, 6.07) is 11.4. The standard InChI is InChI=1S/C15H15ClN4/c1-3-14-18-13(16)8-15(19-14)20(2)10-12-6-4-5-11(7-12)9-17/h4-8H,3,10H2,1-2H3. The highest BCUT2D eigenvalue weighted by atomic mass is 35.5. The van der Waals surface area contributed by atoms with Crippen molar-refractivity contribution in [2.45, 2.75) is 19.9 Å². The highest BCUT2D eigenvalue weighted by Crippen LogP contribution is 2.17. The summed E-state index contributed by atoms with van der Waals surface area (Å²) < 4.78 is 0. The van der Waals surface area contributed by atoms with E-state index in [1.54, 1.807) is 12.1 Å². The summed E-state index contributed by atoms with van der Waals surface area (Å²) in [5.74, 6) is 1.51. The molecule has 20 heavy (non-hydrogen) atoms. The number of hydrogen-bond acceptors (Lipinski definition) is 4. The molecule has 0 fully saturated rings. The van der Waals surface area contributed by atoms with Gasteiger partial charge in [0.1, 0.15) is 16.8 Å². The van der Waals surface area contributed by atoms with Gasteiger partial charge in [0.05, 0.1) is 11.6 Å². The van der Waals surface area contributed by atoms with Gasteiger partial charge in [0.15, 0.2) is 0 Å². The van der Waals surface area contributed by atoms with Crippen molar-refractivity contribution in [1.82, 2.24) is 9.97 Å². The molecule has 0 N–H and O–H groups in total. The molecule has 0 atom stereocenters. The van der Waals surface area contributed by atoms with Crippen LogP contribution in [-0.4, -0.2) is 17.0 Å². The van der Waals surface area contributed by atoms with Gasteiger partial charge in [-0.3, -0.25) is 0 Å². The molecule has 0 aliphatic rings. The van der Waals surface area contributed by atoms with E-state index in [9.17, 15) is 0 Å². The Balaban J connectivity index is 2.21. The van der Waals surface area contributed by atoms with Crippen LogP contribution < -0.4 is 4.90 Å². The third-order valence-corrected chi connectivity index (χ3v) is 3.10. The van der Waals surface area contributed by atoms with Crippen molar-refractivity contribution in [1.29, 1.82) is 5.26 Å². The van der Waals surface area contributed by atoms with E-state index in [1.165, 1.54) is 0 Å². The van der Waals surface area contributed by atoms with Gasteiger partial charge in [0.2, 0.25) is 0 Å². The average molecular weight is 287 g/mol. The molecule has 0 amide bonds. The quantitative estimate of drug-likeness (QED) is 0.810. The van der Waals surface area contributed by atoms with Crippen LogP contribution in [0.15, 0.2) is 30.3 Å². The zero-order valence-electron chi connectivity index (χ0n) is 11.5. The first-order valence-corrected chi connectivity index (χ1v) is 6.73. The molecule has 1 aromatic heterocycles. The van der Waals surface area contributed by atoms with Gasteiger partial charge in [0, 0.05) is 26.1 Å². The summed E-state index contributed by atoms with van der Waals surface area (Å²) >= 11 is 6.00. The molecule has 4 nitrogen and oxygen atoms in total. The van der Waals surface area contributed by atoms with Crippen LogP contribution in [0.5, 0.6) is 0 Å². The number of aryl methyl sites for hydroxylation is 1. The van der Waals surface area contributed by atoms with Gasteiger partial charge in [-0.15, -0.1) is 0 Å². The summed E-state index contributed by atoms with van der Waals surface area (Å²) in [5, 5.41) is 9.36. The fraction of sp³-hybridized carbons (Fsp3) is 0.267. The maximum Gasteiger partial charge on any atom is 0.134 e. The van der Waals surface area contributed by atoms with Crippen LogP contribution in [0.1, 0.15) is 23.9 Å². The Morgan fingerprint density at radius 2 is 2.10 bits per heavy atom. The van der Waals surface area contributed by atoms with Crippen molar-refractivity contribution in [3.8, 4) is 6.07 Å². The van der Waals surface area contributed by atoms with Gasteiger partial charge >= 0.3 is 0 Å². The van der Waals surface area contributed by atoms with Gasteiger partial charge < -0.3 is 4.90 Å². The first-order valence-electron chi connectivity index (χ1n) is 6.36. The van der Waals surface area contributed by atoms with E-state index < -0.39 is 0 Å². The molecular formula is C15H15ClN4. The van der Waals surface area contributed by atoms with E-state index >= 15 is 0 Å². The Labute approximate surface area is 123 Å². The minimum absolute atomic E-state index is 0.449. The van der Waals surface area contributed by atoms with Gasteiger partial charge in [-0.25, -0.2) is 9.97 Å². The van der Waals surface area contributed by atoms with Gasteiger partial charge in [-0.1, -0.05) is 30.7 Å². The van der Waals surface area contributed by atoms with E-state index in [2.05, 4.69) is 16.0 Å². The van der Waals surface area contributed by atoms with Crippen LogP contribution in [0.4, 0.5) is 5.82 Å². The normalized spacial score (nSPS) is 10.1. The second-order valence-corrected chi connectivity index (χ2v) is 4.87. The predicted molar refractivity (Wildman–Crippen MR) is 79.7 cm³/mol. The van der Waals surface area contributed by atoms with Crippen LogP contribution in [0, 0.1) is 11.3 Å². The molecule has 1 aromatic carbocycles. The lowest BCUT2D eigenvalue weighted by molar-refractivity contribution is 0.858. The van der Waals surface area contributed by atoms with Gasteiger partial charge in [-0.2, -0.15) is 5.26 Å². The molecule has 0 unspecified atom stereocenters. The lowest BCUT2D eigenvalue weighted by atomic mass is 10.1. The lowest BCUT2D eigenvalue weighted by Crippen LogP contribution is -2.18. The van der Waals surface area contributed by atoms with Crippen molar-refractivity contribution < 1.29 is 0 Å². The van der Waals surface area contributed by atoms with Crippen molar-refractivity contribution >= 4 is 17.4 Å². The monoisotopic (exact) mass is 286 g/mol. The van der Waals surface area contributed by atoms with Gasteiger partial charge in [0.25, 0.3) is 0 Å². The highest BCUT2D eigenvalue weighted by molar-refractivity contribution is 6.29. The second-order valence-electron chi connectivity index (χ2n) is 4.49. The molecule has 0 saturated carbocycles. The molecular weight excluding hydrogens is 272 g/mol. The van der Waals surface area contributed by atoms with E-state index in [-0.39, 0.29) is 0 Å². The van der Waals surface area contributed by atoms with Crippen LogP contribution in [0.2, 0.25) is 5.15 Å². The Hall–Kier alpha value is -2.12. The lowest BCUT2D eigenvalue weighted by Gasteiger charge is -2.19. The fourth-order valence-electron chi connectivity index (χ4n) is 1.90. The molecule has 0 aliphatic heterocycles. The first kappa shape index (κ1) is 14.3. The van der Waals surface area contributed by atoms with Crippen molar-refractivity contribution in [2.75, 3.05) is 11.9 Å². The Morgan fingerprint density at radius 3 is 2.80 bits per heavy atom. The molecule has 0 radical (unpaired) electrons. The van der Waals surface area contributed by atoms with Crippen molar-refractivity contribution in [3.63, 3.8) is 0 Å². The molecule has 2 aromatic rings. The van der Waals surface area contributed by atoms with Crippen molar-refractivity contribution in [3.05, 3.63) is 52.4 Å². The summed E-state index contributed by atoms with van der Waals surface area (Å²) in [4.78, 5) is 10.6.